The van der Waals surface area contributed by atoms with E-state index in [-0.39, 0.29) is 0 Å². The van der Waals surface area contributed by atoms with Gasteiger partial charge in [0.15, 0.2) is 0 Å². The standard InChI is InChI=1S/C18H22ClNO/c1-21-18-9-7-16(8-10-18)14-20-17(11-12-19)13-15-5-3-2-4-6-15/h2-10,17,20H,11-14H2,1H3/t17-/m1/s1. The van der Waals surface area contributed by atoms with Crippen molar-refractivity contribution in [2.75, 3.05) is 13.0 Å². The van der Waals surface area contributed by atoms with Crippen LogP contribution < -0.4 is 10.1 Å². The van der Waals surface area contributed by atoms with E-state index >= 15 is 0 Å². The Hall–Kier alpha value is -1.51. The third-order valence-electron chi connectivity index (χ3n) is 3.54. The van der Waals surface area contributed by atoms with Gasteiger partial charge in [-0.15, -0.1) is 11.6 Å². The average Bonchev–Trinajstić information content (AvgIpc) is 2.54. The molecule has 0 saturated carbocycles. The zero-order chi connectivity index (χ0) is 14.9. The molecule has 0 radical (unpaired) electrons. The summed E-state index contributed by atoms with van der Waals surface area (Å²) in [6, 6.07) is 19.1. The maximum Gasteiger partial charge on any atom is 0.118 e. The van der Waals surface area contributed by atoms with E-state index in [0.29, 0.717) is 11.9 Å². The fourth-order valence-electron chi connectivity index (χ4n) is 2.31. The van der Waals surface area contributed by atoms with Gasteiger partial charge in [0.2, 0.25) is 0 Å². The lowest BCUT2D eigenvalue weighted by molar-refractivity contribution is 0.414. The Morgan fingerprint density at radius 2 is 1.71 bits per heavy atom. The first-order valence-electron chi connectivity index (χ1n) is 7.28. The first kappa shape index (κ1) is 15.9. The first-order valence-corrected chi connectivity index (χ1v) is 7.81. The SMILES string of the molecule is COc1ccc(CN[C@H](CCCl)Cc2ccccc2)cc1. The van der Waals surface area contributed by atoms with E-state index in [1.165, 1.54) is 11.1 Å². The maximum absolute atomic E-state index is 5.93. The molecule has 0 spiro atoms. The van der Waals surface area contributed by atoms with E-state index in [2.05, 4.69) is 41.7 Å². The Balaban J connectivity index is 1.89. The van der Waals surface area contributed by atoms with Crippen molar-refractivity contribution >= 4 is 11.6 Å². The van der Waals surface area contributed by atoms with E-state index < -0.39 is 0 Å². The monoisotopic (exact) mass is 303 g/mol. The summed E-state index contributed by atoms with van der Waals surface area (Å²) < 4.78 is 5.17. The lowest BCUT2D eigenvalue weighted by Gasteiger charge is -2.18. The molecule has 0 saturated heterocycles. The highest BCUT2D eigenvalue weighted by Gasteiger charge is 2.08. The van der Waals surface area contributed by atoms with E-state index in [1.54, 1.807) is 7.11 Å². The van der Waals surface area contributed by atoms with Crippen LogP contribution in [0.4, 0.5) is 0 Å². The number of nitrogens with one attached hydrogen (secondary N) is 1. The molecule has 0 aliphatic heterocycles. The Kier molecular flexibility index (Phi) is 6.58. The van der Waals surface area contributed by atoms with Crippen molar-refractivity contribution in [3.63, 3.8) is 0 Å². The molecule has 0 unspecified atom stereocenters. The van der Waals surface area contributed by atoms with E-state index in [0.717, 1.165) is 25.1 Å². The first-order chi connectivity index (χ1) is 10.3. The number of alkyl halides is 1. The van der Waals surface area contributed by atoms with Crippen LogP contribution in [0.15, 0.2) is 54.6 Å². The molecule has 0 aliphatic rings. The second-order valence-corrected chi connectivity index (χ2v) is 5.47. The van der Waals surface area contributed by atoms with Crippen molar-refractivity contribution in [3.05, 3.63) is 65.7 Å². The highest BCUT2D eigenvalue weighted by Crippen LogP contribution is 2.12. The van der Waals surface area contributed by atoms with Gasteiger partial charge in [-0.25, -0.2) is 0 Å². The second-order valence-electron chi connectivity index (χ2n) is 5.09. The molecular weight excluding hydrogens is 282 g/mol. The third-order valence-corrected chi connectivity index (χ3v) is 3.75. The van der Waals surface area contributed by atoms with E-state index in [1.807, 2.05) is 18.2 Å². The highest BCUT2D eigenvalue weighted by atomic mass is 35.5. The quantitative estimate of drug-likeness (QED) is 0.744. The number of benzene rings is 2. The van der Waals surface area contributed by atoms with Crippen LogP contribution in [0.5, 0.6) is 5.75 Å². The van der Waals surface area contributed by atoms with Crippen LogP contribution in [-0.2, 0) is 13.0 Å². The molecule has 2 aromatic rings. The fourth-order valence-corrected chi connectivity index (χ4v) is 2.58. The van der Waals surface area contributed by atoms with Crippen molar-refractivity contribution in [3.8, 4) is 5.75 Å². The second kappa shape index (κ2) is 8.71. The molecule has 112 valence electrons. The van der Waals surface area contributed by atoms with Gasteiger partial charge in [-0.1, -0.05) is 42.5 Å². The Bertz CT molecular complexity index is 513. The number of halogens is 1. The molecule has 1 atom stereocenters. The summed E-state index contributed by atoms with van der Waals surface area (Å²) in [6.45, 7) is 0.846. The molecule has 2 nitrogen and oxygen atoms in total. The van der Waals surface area contributed by atoms with Gasteiger partial charge in [-0.3, -0.25) is 0 Å². The van der Waals surface area contributed by atoms with Gasteiger partial charge in [-0.05, 0) is 36.1 Å². The number of rotatable bonds is 8. The Labute approximate surface area is 132 Å². The van der Waals surface area contributed by atoms with E-state index in [4.69, 9.17) is 16.3 Å². The molecule has 21 heavy (non-hydrogen) atoms. The lowest BCUT2D eigenvalue weighted by Crippen LogP contribution is -2.31. The summed E-state index contributed by atoms with van der Waals surface area (Å²) in [6.07, 6.45) is 1.97. The zero-order valence-electron chi connectivity index (χ0n) is 12.4. The van der Waals surface area contributed by atoms with Crippen molar-refractivity contribution in [2.45, 2.75) is 25.4 Å². The van der Waals surface area contributed by atoms with Gasteiger partial charge in [0, 0.05) is 18.5 Å². The molecule has 0 aliphatic carbocycles. The Morgan fingerprint density at radius 1 is 1.00 bits per heavy atom. The molecule has 0 amide bonds. The van der Waals surface area contributed by atoms with Gasteiger partial charge in [0.25, 0.3) is 0 Å². The summed E-state index contributed by atoms with van der Waals surface area (Å²) >= 11 is 5.93. The summed E-state index contributed by atoms with van der Waals surface area (Å²) in [7, 11) is 1.68. The summed E-state index contributed by atoms with van der Waals surface area (Å²) in [5.41, 5.74) is 2.60. The fraction of sp³-hybridized carbons (Fsp3) is 0.333. The molecule has 0 fully saturated rings. The van der Waals surface area contributed by atoms with Gasteiger partial charge >= 0.3 is 0 Å². The molecular formula is C18H22ClNO. The summed E-state index contributed by atoms with van der Waals surface area (Å²) in [5.74, 6) is 1.56. The van der Waals surface area contributed by atoms with Crippen molar-refractivity contribution in [2.24, 2.45) is 0 Å². The van der Waals surface area contributed by atoms with Crippen molar-refractivity contribution in [1.29, 1.82) is 0 Å². The van der Waals surface area contributed by atoms with Gasteiger partial charge in [0.1, 0.15) is 5.75 Å². The summed E-state index contributed by atoms with van der Waals surface area (Å²) in [4.78, 5) is 0. The predicted octanol–water partition coefficient (Wildman–Crippen LogP) is 4.03. The minimum Gasteiger partial charge on any atom is -0.497 e. The lowest BCUT2D eigenvalue weighted by atomic mass is 10.0. The minimum atomic E-state index is 0.395. The zero-order valence-corrected chi connectivity index (χ0v) is 13.1. The largest absolute Gasteiger partial charge is 0.497 e. The van der Waals surface area contributed by atoms with Gasteiger partial charge in [-0.2, -0.15) is 0 Å². The molecule has 0 bridgehead atoms. The number of hydrogen-bond donors (Lipinski definition) is 1. The topological polar surface area (TPSA) is 21.3 Å². The molecule has 0 aromatic heterocycles. The smallest absolute Gasteiger partial charge is 0.118 e. The minimum absolute atomic E-state index is 0.395. The van der Waals surface area contributed by atoms with Gasteiger partial charge < -0.3 is 10.1 Å². The van der Waals surface area contributed by atoms with Crippen LogP contribution >= 0.6 is 11.6 Å². The predicted molar refractivity (Wildman–Crippen MR) is 89.1 cm³/mol. The maximum atomic E-state index is 5.93. The molecule has 2 rings (SSSR count). The van der Waals surface area contributed by atoms with Crippen LogP contribution in [-0.4, -0.2) is 19.0 Å². The van der Waals surface area contributed by atoms with Crippen LogP contribution in [0.2, 0.25) is 0 Å². The molecule has 1 N–H and O–H groups in total. The van der Waals surface area contributed by atoms with Crippen molar-refractivity contribution in [1.82, 2.24) is 5.32 Å². The number of ether oxygens (including phenoxy) is 1. The number of hydrogen-bond acceptors (Lipinski definition) is 2. The normalized spacial score (nSPS) is 12.1. The third kappa shape index (κ3) is 5.41. The summed E-state index contributed by atoms with van der Waals surface area (Å²) in [5, 5.41) is 3.60. The Morgan fingerprint density at radius 3 is 2.33 bits per heavy atom. The molecule has 3 heteroatoms. The number of methoxy groups -OCH3 is 1. The van der Waals surface area contributed by atoms with Crippen LogP contribution in [0, 0.1) is 0 Å². The highest BCUT2D eigenvalue weighted by molar-refractivity contribution is 6.17. The molecule has 2 aromatic carbocycles. The van der Waals surface area contributed by atoms with Crippen LogP contribution in [0.1, 0.15) is 17.5 Å². The molecule has 0 heterocycles. The van der Waals surface area contributed by atoms with Crippen LogP contribution in [0.25, 0.3) is 0 Å². The van der Waals surface area contributed by atoms with Crippen LogP contribution in [0.3, 0.4) is 0 Å². The van der Waals surface area contributed by atoms with Crippen molar-refractivity contribution < 1.29 is 4.74 Å². The van der Waals surface area contributed by atoms with Gasteiger partial charge in [0.05, 0.1) is 7.11 Å². The average molecular weight is 304 g/mol. The van der Waals surface area contributed by atoms with E-state index in [9.17, 15) is 0 Å².